The van der Waals surface area contributed by atoms with E-state index < -0.39 is 0 Å². The van der Waals surface area contributed by atoms with Crippen molar-refractivity contribution < 1.29 is 9.21 Å². The molecular weight excluding hydrogens is 306 g/mol. The maximum atomic E-state index is 12.6. The fraction of sp³-hybridized carbons (Fsp3) is 0.235. The molecule has 0 fully saturated rings. The van der Waals surface area contributed by atoms with E-state index in [1.54, 1.807) is 27.1 Å². The molecule has 0 radical (unpaired) electrons. The van der Waals surface area contributed by atoms with Crippen LogP contribution in [0.1, 0.15) is 27.8 Å². The number of carbonyl (C=O) groups is 1. The number of aromatic nitrogens is 4. The van der Waals surface area contributed by atoms with E-state index in [0.717, 1.165) is 5.56 Å². The first-order valence-corrected chi connectivity index (χ1v) is 7.48. The van der Waals surface area contributed by atoms with Gasteiger partial charge in [0.2, 0.25) is 11.8 Å². The van der Waals surface area contributed by atoms with Crippen LogP contribution in [0.4, 0.5) is 0 Å². The van der Waals surface area contributed by atoms with Gasteiger partial charge in [-0.3, -0.25) is 4.79 Å². The third-order valence-electron chi connectivity index (χ3n) is 3.53. The summed E-state index contributed by atoms with van der Waals surface area (Å²) >= 11 is 0. The highest BCUT2D eigenvalue weighted by Crippen LogP contribution is 2.17. The molecule has 0 bridgehead atoms. The summed E-state index contributed by atoms with van der Waals surface area (Å²) in [5.41, 5.74) is 1.99. The van der Waals surface area contributed by atoms with Crippen molar-refractivity contribution >= 4 is 5.91 Å². The van der Waals surface area contributed by atoms with Crippen molar-refractivity contribution in [3.05, 3.63) is 59.6 Å². The van der Waals surface area contributed by atoms with E-state index in [1.807, 2.05) is 30.3 Å². The van der Waals surface area contributed by atoms with Gasteiger partial charge in [0.25, 0.3) is 5.91 Å². The van der Waals surface area contributed by atoms with Crippen molar-refractivity contribution in [3.63, 3.8) is 0 Å². The van der Waals surface area contributed by atoms with Gasteiger partial charge in [-0.05, 0) is 6.92 Å². The molecule has 3 rings (SSSR count). The summed E-state index contributed by atoms with van der Waals surface area (Å²) in [5, 5.41) is 7.65. The Morgan fingerprint density at radius 1 is 1.17 bits per heavy atom. The zero-order valence-electron chi connectivity index (χ0n) is 13.7. The van der Waals surface area contributed by atoms with Gasteiger partial charge in [-0.1, -0.05) is 30.3 Å². The summed E-state index contributed by atoms with van der Waals surface area (Å²) in [6, 6.07) is 9.64. The van der Waals surface area contributed by atoms with E-state index in [2.05, 4.69) is 20.2 Å². The first kappa shape index (κ1) is 15.8. The van der Waals surface area contributed by atoms with Crippen LogP contribution < -0.4 is 0 Å². The van der Waals surface area contributed by atoms with Gasteiger partial charge >= 0.3 is 0 Å². The third kappa shape index (κ3) is 3.29. The number of amides is 1. The highest BCUT2D eigenvalue weighted by Gasteiger charge is 2.18. The zero-order valence-corrected chi connectivity index (χ0v) is 13.7. The SMILES string of the molecule is Cc1nnc(CN(C)C(=O)c2cnc(-c3ccccc3)nc2C)o1. The molecule has 122 valence electrons. The second kappa shape index (κ2) is 6.57. The van der Waals surface area contributed by atoms with Crippen molar-refractivity contribution in [1.82, 2.24) is 25.1 Å². The standard InChI is InChI=1S/C17H17N5O2/c1-11-14(9-18-16(19-11)13-7-5-4-6-8-13)17(23)22(3)10-15-21-20-12(2)24-15/h4-9H,10H2,1-3H3. The molecule has 3 aromatic rings. The minimum atomic E-state index is -0.192. The van der Waals surface area contributed by atoms with Crippen LogP contribution in [0.5, 0.6) is 0 Å². The monoisotopic (exact) mass is 323 g/mol. The largest absolute Gasteiger partial charge is 0.424 e. The number of nitrogens with zero attached hydrogens (tertiary/aromatic N) is 5. The average molecular weight is 323 g/mol. The van der Waals surface area contributed by atoms with E-state index in [-0.39, 0.29) is 12.5 Å². The van der Waals surface area contributed by atoms with Gasteiger partial charge in [-0.15, -0.1) is 10.2 Å². The van der Waals surface area contributed by atoms with Crippen molar-refractivity contribution in [2.24, 2.45) is 0 Å². The first-order chi connectivity index (χ1) is 11.5. The molecule has 0 spiro atoms. The maximum Gasteiger partial charge on any atom is 0.257 e. The van der Waals surface area contributed by atoms with E-state index >= 15 is 0 Å². The lowest BCUT2D eigenvalue weighted by Crippen LogP contribution is -2.27. The van der Waals surface area contributed by atoms with Crippen LogP contribution in [0.3, 0.4) is 0 Å². The van der Waals surface area contributed by atoms with Crippen LogP contribution in [0, 0.1) is 13.8 Å². The number of aryl methyl sites for hydroxylation is 2. The Kier molecular flexibility index (Phi) is 4.33. The minimum Gasteiger partial charge on any atom is -0.424 e. The highest BCUT2D eigenvalue weighted by atomic mass is 16.4. The lowest BCUT2D eigenvalue weighted by atomic mass is 10.1. The van der Waals surface area contributed by atoms with Crippen LogP contribution in [-0.2, 0) is 6.54 Å². The number of benzene rings is 1. The Labute approximate surface area is 139 Å². The van der Waals surface area contributed by atoms with Crippen LogP contribution in [0.15, 0.2) is 40.9 Å². The molecule has 2 aromatic heterocycles. The molecule has 0 saturated heterocycles. The van der Waals surface area contributed by atoms with Crippen LogP contribution in [0.2, 0.25) is 0 Å². The maximum absolute atomic E-state index is 12.6. The van der Waals surface area contributed by atoms with E-state index in [1.165, 1.54) is 4.90 Å². The summed E-state index contributed by atoms with van der Waals surface area (Å²) in [5.74, 6) is 1.27. The molecule has 0 N–H and O–H groups in total. The third-order valence-corrected chi connectivity index (χ3v) is 3.53. The van der Waals surface area contributed by atoms with Gasteiger partial charge in [0.15, 0.2) is 5.82 Å². The Hall–Kier alpha value is -3.09. The molecule has 0 aliphatic carbocycles. The van der Waals surface area contributed by atoms with Crippen LogP contribution >= 0.6 is 0 Å². The normalized spacial score (nSPS) is 10.6. The molecule has 0 unspecified atom stereocenters. The fourth-order valence-corrected chi connectivity index (χ4v) is 2.29. The molecule has 2 heterocycles. The van der Waals surface area contributed by atoms with Crippen molar-refractivity contribution in [1.29, 1.82) is 0 Å². The average Bonchev–Trinajstić information content (AvgIpc) is 3.00. The van der Waals surface area contributed by atoms with Gasteiger partial charge in [0.1, 0.15) is 0 Å². The van der Waals surface area contributed by atoms with Gasteiger partial charge in [0.05, 0.1) is 17.8 Å². The summed E-state index contributed by atoms with van der Waals surface area (Å²) in [6.07, 6.45) is 1.56. The number of hydrogen-bond acceptors (Lipinski definition) is 6. The van der Waals surface area contributed by atoms with Gasteiger partial charge in [-0.25, -0.2) is 9.97 Å². The van der Waals surface area contributed by atoms with Crippen LogP contribution in [-0.4, -0.2) is 38.0 Å². The van der Waals surface area contributed by atoms with Crippen molar-refractivity contribution in [2.75, 3.05) is 7.05 Å². The van der Waals surface area contributed by atoms with Crippen LogP contribution in [0.25, 0.3) is 11.4 Å². The summed E-state index contributed by atoms with van der Waals surface area (Å²) in [7, 11) is 1.67. The molecule has 24 heavy (non-hydrogen) atoms. The molecule has 7 nitrogen and oxygen atoms in total. The summed E-state index contributed by atoms with van der Waals surface area (Å²) in [4.78, 5) is 22.8. The van der Waals surface area contributed by atoms with Gasteiger partial charge < -0.3 is 9.32 Å². The molecule has 0 saturated carbocycles. The molecule has 0 atom stereocenters. The minimum absolute atomic E-state index is 0.192. The molecule has 0 aliphatic rings. The predicted octanol–water partition coefficient (Wildman–Crippen LogP) is 2.42. The lowest BCUT2D eigenvalue weighted by Gasteiger charge is -2.16. The molecule has 7 heteroatoms. The Balaban J connectivity index is 1.80. The Bertz CT molecular complexity index is 860. The fourth-order valence-electron chi connectivity index (χ4n) is 2.29. The topological polar surface area (TPSA) is 85.0 Å². The molecular formula is C17H17N5O2. The summed E-state index contributed by atoms with van der Waals surface area (Å²) < 4.78 is 5.30. The predicted molar refractivity (Wildman–Crippen MR) is 87.0 cm³/mol. The van der Waals surface area contributed by atoms with Crippen molar-refractivity contribution in [3.8, 4) is 11.4 Å². The zero-order chi connectivity index (χ0) is 17.1. The Morgan fingerprint density at radius 2 is 1.92 bits per heavy atom. The lowest BCUT2D eigenvalue weighted by molar-refractivity contribution is 0.0770. The highest BCUT2D eigenvalue weighted by molar-refractivity contribution is 5.94. The van der Waals surface area contributed by atoms with E-state index in [4.69, 9.17) is 4.42 Å². The summed E-state index contributed by atoms with van der Waals surface area (Å²) in [6.45, 7) is 3.74. The van der Waals surface area contributed by atoms with Gasteiger partial charge in [-0.2, -0.15) is 0 Å². The Morgan fingerprint density at radius 3 is 2.54 bits per heavy atom. The van der Waals surface area contributed by atoms with E-state index in [9.17, 15) is 4.79 Å². The molecule has 0 aliphatic heterocycles. The number of rotatable bonds is 4. The molecule has 1 amide bonds. The van der Waals surface area contributed by atoms with Gasteiger partial charge in [0, 0.05) is 25.7 Å². The smallest absolute Gasteiger partial charge is 0.257 e. The second-order valence-corrected chi connectivity index (χ2v) is 5.43. The second-order valence-electron chi connectivity index (χ2n) is 5.43. The number of carbonyl (C=O) groups excluding carboxylic acids is 1. The molecule has 1 aromatic carbocycles. The van der Waals surface area contributed by atoms with Crippen molar-refractivity contribution in [2.45, 2.75) is 20.4 Å². The quantitative estimate of drug-likeness (QED) is 0.733. The first-order valence-electron chi connectivity index (χ1n) is 7.48. The number of hydrogen-bond donors (Lipinski definition) is 0. The van der Waals surface area contributed by atoms with E-state index in [0.29, 0.717) is 28.9 Å².